The van der Waals surface area contributed by atoms with Gasteiger partial charge in [-0.15, -0.1) is 0 Å². The summed E-state index contributed by atoms with van der Waals surface area (Å²) >= 11 is 0. The first kappa shape index (κ1) is 16.6. The molecular weight excluding hydrogens is 318 g/mol. The molecule has 0 aliphatic carbocycles. The number of carbonyl (C=O) groups is 1. The smallest absolute Gasteiger partial charge is 0.240 e. The van der Waals surface area contributed by atoms with Crippen LogP contribution in [0.15, 0.2) is 53.8 Å². The minimum absolute atomic E-state index is 0.0251. The topological polar surface area (TPSA) is 86.7 Å². The molecule has 0 spiro atoms. The number of carbonyl (C=O) groups excluding carboxylic acids is 1. The van der Waals surface area contributed by atoms with Crippen molar-refractivity contribution in [2.75, 3.05) is 7.11 Å². The van der Waals surface area contributed by atoms with Gasteiger partial charge in [-0.3, -0.25) is 4.79 Å². The lowest BCUT2D eigenvalue weighted by Gasteiger charge is -2.03. The Hall–Kier alpha value is -3.28. The summed E-state index contributed by atoms with van der Waals surface area (Å²) in [5, 5.41) is 14.7. The van der Waals surface area contributed by atoms with Crippen molar-refractivity contribution in [2.24, 2.45) is 5.10 Å². The second kappa shape index (κ2) is 7.53. The molecule has 1 amide bonds. The maximum atomic E-state index is 11.9. The van der Waals surface area contributed by atoms with Gasteiger partial charge in [-0.05, 0) is 41.8 Å². The summed E-state index contributed by atoms with van der Waals surface area (Å²) in [6.45, 7) is 0. The molecule has 0 radical (unpaired) electrons. The zero-order chi connectivity index (χ0) is 17.6. The number of hydrogen-bond donors (Lipinski definition) is 3. The zero-order valence-corrected chi connectivity index (χ0v) is 13.8. The van der Waals surface area contributed by atoms with Crippen LogP contribution in [0, 0.1) is 0 Å². The molecule has 2 aromatic carbocycles. The highest BCUT2D eigenvalue weighted by Crippen LogP contribution is 2.25. The largest absolute Gasteiger partial charge is 0.504 e. The molecule has 3 rings (SSSR count). The van der Waals surface area contributed by atoms with Gasteiger partial charge in [0, 0.05) is 23.5 Å². The summed E-state index contributed by atoms with van der Waals surface area (Å²) in [7, 11) is 1.48. The fourth-order valence-corrected chi connectivity index (χ4v) is 2.61. The highest BCUT2D eigenvalue weighted by Gasteiger charge is 2.06. The van der Waals surface area contributed by atoms with Gasteiger partial charge in [-0.2, -0.15) is 5.10 Å². The second-order valence-corrected chi connectivity index (χ2v) is 5.58. The molecule has 0 aliphatic heterocycles. The Balaban J connectivity index is 1.53. The molecule has 6 nitrogen and oxygen atoms in total. The van der Waals surface area contributed by atoms with E-state index in [4.69, 9.17) is 4.74 Å². The number of phenols is 1. The first-order valence-electron chi connectivity index (χ1n) is 7.91. The number of hydrogen-bond acceptors (Lipinski definition) is 4. The number of H-pyrrole nitrogens is 1. The predicted molar refractivity (Wildman–Crippen MR) is 97.0 cm³/mol. The first-order chi connectivity index (χ1) is 12.2. The summed E-state index contributed by atoms with van der Waals surface area (Å²) in [6, 6.07) is 12.9. The Morgan fingerprint density at radius 2 is 2.16 bits per heavy atom. The molecule has 0 aliphatic rings. The quantitative estimate of drug-likeness (QED) is 0.477. The van der Waals surface area contributed by atoms with Gasteiger partial charge in [0.05, 0.1) is 13.3 Å². The lowest BCUT2D eigenvalue weighted by Crippen LogP contribution is -2.17. The fourth-order valence-electron chi connectivity index (χ4n) is 2.61. The lowest BCUT2D eigenvalue weighted by molar-refractivity contribution is -0.121. The number of aryl methyl sites for hydroxylation is 1. The van der Waals surface area contributed by atoms with E-state index in [1.807, 2.05) is 30.5 Å². The number of para-hydroxylation sites is 1. The van der Waals surface area contributed by atoms with Crippen molar-refractivity contribution in [2.45, 2.75) is 12.8 Å². The minimum atomic E-state index is -0.167. The van der Waals surface area contributed by atoms with Crippen LogP contribution in [-0.2, 0) is 11.2 Å². The van der Waals surface area contributed by atoms with E-state index in [0.717, 1.165) is 16.5 Å². The maximum absolute atomic E-state index is 11.9. The summed E-state index contributed by atoms with van der Waals surface area (Å²) in [4.78, 5) is 15.1. The third kappa shape index (κ3) is 3.98. The first-order valence-corrected chi connectivity index (χ1v) is 7.91. The third-order valence-corrected chi connectivity index (χ3v) is 3.90. The van der Waals surface area contributed by atoms with Crippen LogP contribution in [0.4, 0.5) is 0 Å². The molecule has 0 fully saturated rings. The van der Waals surface area contributed by atoms with E-state index in [2.05, 4.69) is 15.5 Å². The summed E-state index contributed by atoms with van der Waals surface area (Å²) in [5.74, 6) is 0.247. The van der Waals surface area contributed by atoms with E-state index in [-0.39, 0.29) is 11.7 Å². The van der Waals surface area contributed by atoms with Crippen LogP contribution in [0.25, 0.3) is 10.9 Å². The molecule has 0 atom stereocenters. The van der Waals surface area contributed by atoms with Crippen LogP contribution in [0.2, 0.25) is 0 Å². The SMILES string of the molecule is COc1ccc(/C=N/NC(=O)CCc2c[nH]c3ccccc23)cc1O. The molecule has 0 bridgehead atoms. The van der Waals surface area contributed by atoms with Crippen LogP contribution in [0.1, 0.15) is 17.5 Å². The number of methoxy groups -OCH3 is 1. The molecule has 0 saturated heterocycles. The number of aromatic hydroxyl groups is 1. The Kier molecular flexibility index (Phi) is 4.99. The van der Waals surface area contributed by atoms with Crippen molar-refractivity contribution in [1.29, 1.82) is 0 Å². The molecule has 0 saturated carbocycles. The zero-order valence-electron chi connectivity index (χ0n) is 13.8. The van der Waals surface area contributed by atoms with Crippen molar-refractivity contribution < 1.29 is 14.6 Å². The molecule has 1 aromatic heterocycles. The number of hydrazone groups is 1. The van der Waals surface area contributed by atoms with Gasteiger partial charge in [-0.25, -0.2) is 5.43 Å². The monoisotopic (exact) mass is 337 g/mol. The minimum Gasteiger partial charge on any atom is -0.504 e. The van der Waals surface area contributed by atoms with E-state index >= 15 is 0 Å². The lowest BCUT2D eigenvalue weighted by atomic mass is 10.1. The average molecular weight is 337 g/mol. The van der Waals surface area contributed by atoms with Crippen molar-refractivity contribution in [3.05, 3.63) is 59.8 Å². The number of aromatic nitrogens is 1. The van der Waals surface area contributed by atoms with Crippen molar-refractivity contribution in [1.82, 2.24) is 10.4 Å². The Bertz CT molecular complexity index is 915. The van der Waals surface area contributed by atoms with Crippen LogP contribution >= 0.6 is 0 Å². The molecule has 1 heterocycles. The van der Waals surface area contributed by atoms with Crippen molar-refractivity contribution in [3.63, 3.8) is 0 Å². The van der Waals surface area contributed by atoms with Gasteiger partial charge in [0.25, 0.3) is 0 Å². The van der Waals surface area contributed by atoms with Crippen LogP contribution in [0.3, 0.4) is 0 Å². The number of phenolic OH excluding ortho intramolecular Hbond substituents is 1. The number of nitrogens with zero attached hydrogens (tertiary/aromatic N) is 1. The standard InChI is InChI=1S/C19H19N3O3/c1-25-18-8-6-13(10-17(18)23)11-21-22-19(24)9-7-14-12-20-16-5-3-2-4-15(14)16/h2-6,8,10-12,20,23H,7,9H2,1H3,(H,22,24)/b21-11+. The van der Waals surface area contributed by atoms with E-state index < -0.39 is 0 Å². The maximum Gasteiger partial charge on any atom is 0.240 e. The summed E-state index contributed by atoms with van der Waals surface area (Å²) in [5.41, 5.74) is 5.33. The van der Waals surface area contributed by atoms with Gasteiger partial charge < -0.3 is 14.8 Å². The molecule has 25 heavy (non-hydrogen) atoms. The number of aromatic amines is 1. The van der Waals surface area contributed by atoms with Gasteiger partial charge in [0.15, 0.2) is 11.5 Å². The van der Waals surface area contributed by atoms with Gasteiger partial charge in [0.1, 0.15) is 0 Å². The van der Waals surface area contributed by atoms with E-state index in [9.17, 15) is 9.90 Å². The Morgan fingerprint density at radius 1 is 1.32 bits per heavy atom. The van der Waals surface area contributed by atoms with E-state index in [0.29, 0.717) is 24.2 Å². The average Bonchev–Trinajstić information content (AvgIpc) is 3.03. The Morgan fingerprint density at radius 3 is 2.96 bits per heavy atom. The molecule has 128 valence electrons. The van der Waals surface area contributed by atoms with E-state index in [1.165, 1.54) is 19.4 Å². The molecule has 3 N–H and O–H groups in total. The van der Waals surface area contributed by atoms with Gasteiger partial charge >= 0.3 is 0 Å². The van der Waals surface area contributed by atoms with Gasteiger partial charge in [-0.1, -0.05) is 18.2 Å². The van der Waals surface area contributed by atoms with Gasteiger partial charge in [0.2, 0.25) is 5.91 Å². The molecular formula is C19H19N3O3. The number of rotatable bonds is 6. The molecule has 3 aromatic rings. The van der Waals surface area contributed by atoms with Crippen molar-refractivity contribution in [3.8, 4) is 11.5 Å². The number of amides is 1. The number of benzene rings is 2. The predicted octanol–water partition coefficient (Wildman–Crippen LogP) is 2.97. The highest BCUT2D eigenvalue weighted by atomic mass is 16.5. The summed E-state index contributed by atoms with van der Waals surface area (Å²) < 4.78 is 4.97. The van der Waals surface area contributed by atoms with Crippen LogP contribution in [-0.4, -0.2) is 29.3 Å². The number of nitrogens with one attached hydrogen (secondary N) is 2. The fraction of sp³-hybridized carbons (Fsp3) is 0.158. The summed E-state index contributed by atoms with van der Waals surface area (Å²) in [6.07, 6.45) is 4.38. The highest BCUT2D eigenvalue weighted by molar-refractivity contribution is 5.85. The molecule has 6 heteroatoms. The molecule has 0 unspecified atom stereocenters. The second-order valence-electron chi connectivity index (χ2n) is 5.58. The van der Waals surface area contributed by atoms with E-state index in [1.54, 1.807) is 12.1 Å². The Labute approximate surface area is 145 Å². The van der Waals surface area contributed by atoms with Crippen molar-refractivity contribution >= 4 is 23.0 Å². The van der Waals surface area contributed by atoms with Crippen LogP contribution < -0.4 is 10.2 Å². The number of ether oxygens (including phenoxy) is 1. The number of fused-ring (bicyclic) bond motifs is 1. The normalized spacial score (nSPS) is 11.1. The third-order valence-electron chi connectivity index (χ3n) is 3.90. The van der Waals surface area contributed by atoms with Crippen LogP contribution in [0.5, 0.6) is 11.5 Å².